The number of alkyl halides is 3. The molecule has 0 amide bonds. The van der Waals surface area contributed by atoms with Gasteiger partial charge in [0.05, 0.1) is 24.3 Å². The standard InChI is InChI=1S/C13H16F3NO3/c1-7(18)5-19-11-6-20-10-4-8(13(14,15)16)2-3-9(10)12(11)17/h2-4,7,11-12,18H,5-6,17H2,1H3/t7-,11+,12-/m0/s1. The Morgan fingerprint density at radius 2 is 2.20 bits per heavy atom. The van der Waals surface area contributed by atoms with Crippen molar-refractivity contribution < 1.29 is 27.8 Å². The van der Waals surface area contributed by atoms with Crippen LogP contribution in [0.5, 0.6) is 5.75 Å². The Kier molecular flexibility index (Phi) is 4.22. The summed E-state index contributed by atoms with van der Waals surface area (Å²) in [6, 6.07) is 2.64. The minimum Gasteiger partial charge on any atom is -0.490 e. The third-order valence-corrected chi connectivity index (χ3v) is 3.06. The van der Waals surface area contributed by atoms with Gasteiger partial charge in [0.15, 0.2) is 0 Å². The van der Waals surface area contributed by atoms with Crippen LogP contribution in [0.15, 0.2) is 18.2 Å². The van der Waals surface area contributed by atoms with E-state index in [-0.39, 0.29) is 19.0 Å². The van der Waals surface area contributed by atoms with Gasteiger partial charge in [0, 0.05) is 5.56 Å². The minimum absolute atomic E-state index is 0.0577. The first-order valence-electron chi connectivity index (χ1n) is 6.18. The van der Waals surface area contributed by atoms with E-state index in [1.807, 2.05) is 0 Å². The van der Waals surface area contributed by atoms with Gasteiger partial charge < -0.3 is 20.3 Å². The van der Waals surface area contributed by atoms with Crippen molar-refractivity contribution in [3.05, 3.63) is 29.3 Å². The molecule has 2 rings (SSSR count). The van der Waals surface area contributed by atoms with E-state index in [1.54, 1.807) is 6.92 Å². The van der Waals surface area contributed by atoms with Crippen LogP contribution in [0.25, 0.3) is 0 Å². The van der Waals surface area contributed by atoms with Gasteiger partial charge in [-0.05, 0) is 19.1 Å². The lowest BCUT2D eigenvalue weighted by Gasteiger charge is -2.31. The number of benzene rings is 1. The first kappa shape index (κ1) is 15.1. The molecule has 0 fully saturated rings. The molecule has 3 atom stereocenters. The number of nitrogens with two attached hydrogens (primary N) is 1. The van der Waals surface area contributed by atoms with Crippen LogP contribution in [0.1, 0.15) is 24.1 Å². The summed E-state index contributed by atoms with van der Waals surface area (Å²) in [5.74, 6) is 0.129. The van der Waals surface area contributed by atoms with Crippen LogP contribution in [0, 0.1) is 0 Å². The first-order chi connectivity index (χ1) is 9.29. The normalized spacial score (nSPS) is 23.9. The average molecular weight is 291 g/mol. The van der Waals surface area contributed by atoms with Crippen LogP contribution >= 0.6 is 0 Å². The number of hydrogen-bond donors (Lipinski definition) is 2. The van der Waals surface area contributed by atoms with E-state index < -0.39 is 30.0 Å². The van der Waals surface area contributed by atoms with E-state index in [4.69, 9.17) is 20.3 Å². The maximum Gasteiger partial charge on any atom is 0.416 e. The minimum atomic E-state index is -4.41. The summed E-state index contributed by atoms with van der Waals surface area (Å²) in [5.41, 5.74) is 5.67. The Balaban J connectivity index is 2.17. The molecule has 7 heteroatoms. The van der Waals surface area contributed by atoms with Gasteiger partial charge in [-0.3, -0.25) is 0 Å². The summed E-state index contributed by atoms with van der Waals surface area (Å²) >= 11 is 0. The summed E-state index contributed by atoms with van der Waals surface area (Å²) < 4.78 is 48.5. The fourth-order valence-electron chi connectivity index (χ4n) is 2.00. The Morgan fingerprint density at radius 1 is 1.50 bits per heavy atom. The summed E-state index contributed by atoms with van der Waals surface area (Å²) in [6.45, 7) is 1.72. The molecule has 0 aromatic heterocycles. The van der Waals surface area contributed by atoms with E-state index in [9.17, 15) is 13.2 Å². The Bertz CT molecular complexity index is 476. The molecule has 0 saturated heterocycles. The summed E-state index contributed by atoms with van der Waals surface area (Å²) in [4.78, 5) is 0. The van der Waals surface area contributed by atoms with Gasteiger partial charge in [0.1, 0.15) is 18.5 Å². The van der Waals surface area contributed by atoms with Crippen molar-refractivity contribution in [1.82, 2.24) is 0 Å². The Hall–Kier alpha value is -1.31. The molecule has 20 heavy (non-hydrogen) atoms. The van der Waals surface area contributed by atoms with Crippen molar-refractivity contribution in [3.63, 3.8) is 0 Å². The van der Waals surface area contributed by atoms with Gasteiger partial charge in [-0.25, -0.2) is 0 Å². The Labute approximate surface area is 114 Å². The van der Waals surface area contributed by atoms with Gasteiger partial charge in [0.2, 0.25) is 0 Å². The Morgan fingerprint density at radius 3 is 2.80 bits per heavy atom. The first-order valence-corrected chi connectivity index (χ1v) is 6.18. The zero-order chi connectivity index (χ0) is 14.9. The predicted molar refractivity (Wildman–Crippen MR) is 65.3 cm³/mol. The predicted octanol–water partition coefficient (Wildman–Crippen LogP) is 1.86. The molecular weight excluding hydrogens is 275 g/mol. The molecule has 1 aliphatic heterocycles. The quantitative estimate of drug-likeness (QED) is 0.892. The zero-order valence-corrected chi connectivity index (χ0v) is 10.9. The maximum absolute atomic E-state index is 12.6. The zero-order valence-electron chi connectivity index (χ0n) is 10.9. The SMILES string of the molecule is C[C@H](O)CO[C@@H]1COc2cc(C(F)(F)F)ccc2[C@@H]1N. The molecule has 1 heterocycles. The highest BCUT2D eigenvalue weighted by molar-refractivity contribution is 5.42. The molecule has 0 saturated carbocycles. The molecule has 0 aliphatic carbocycles. The second-order valence-electron chi connectivity index (χ2n) is 4.81. The van der Waals surface area contributed by atoms with Crippen molar-refractivity contribution in [2.75, 3.05) is 13.2 Å². The largest absolute Gasteiger partial charge is 0.490 e. The molecule has 0 unspecified atom stereocenters. The number of ether oxygens (including phenoxy) is 2. The fourth-order valence-corrected chi connectivity index (χ4v) is 2.00. The highest BCUT2D eigenvalue weighted by atomic mass is 19.4. The number of aliphatic hydroxyl groups is 1. The third-order valence-electron chi connectivity index (χ3n) is 3.06. The molecule has 0 spiro atoms. The van der Waals surface area contributed by atoms with E-state index in [2.05, 4.69) is 0 Å². The van der Waals surface area contributed by atoms with Crippen molar-refractivity contribution in [1.29, 1.82) is 0 Å². The van der Waals surface area contributed by atoms with Crippen molar-refractivity contribution >= 4 is 0 Å². The second-order valence-corrected chi connectivity index (χ2v) is 4.81. The smallest absolute Gasteiger partial charge is 0.416 e. The number of halogens is 3. The highest BCUT2D eigenvalue weighted by Crippen LogP contribution is 2.37. The molecule has 0 radical (unpaired) electrons. The van der Waals surface area contributed by atoms with Gasteiger partial charge in [-0.1, -0.05) is 6.07 Å². The molecule has 1 aliphatic rings. The molecule has 1 aromatic rings. The maximum atomic E-state index is 12.6. The molecule has 4 nitrogen and oxygen atoms in total. The number of fused-ring (bicyclic) bond motifs is 1. The third kappa shape index (κ3) is 3.23. The molecule has 1 aromatic carbocycles. The monoisotopic (exact) mass is 291 g/mol. The van der Waals surface area contributed by atoms with Crippen LogP contribution < -0.4 is 10.5 Å². The van der Waals surface area contributed by atoms with E-state index >= 15 is 0 Å². The highest BCUT2D eigenvalue weighted by Gasteiger charge is 2.34. The molecule has 112 valence electrons. The van der Waals surface area contributed by atoms with Crippen molar-refractivity contribution in [3.8, 4) is 5.75 Å². The lowest BCUT2D eigenvalue weighted by molar-refractivity contribution is -0.137. The lowest BCUT2D eigenvalue weighted by atomic mass is 9.97. The van der Waals surface area contributed by atoms with Crippen LogP contribution in [0.3, 0.4) is 0 Å². The molecular formula is C13H16F3NO3. The van der Waals surface area contributed by atoms with Crippen LogP contribution in [-0.2, 0) is 10.9 Å². The second kappa shape index (κ2) is 5.59. The summed E-state index contributed by atoms with van der Waals surface area (Å²) in [5, 5.41) is 9.16. The van der Waals surface area contributed by atoms with E-state index in [1.165, 1.54) is 6.07 Å². The average Bonchev–Trinajstić information content (AvgIpc) is 2.36. The van der Waals surface area contributed by atoms with Gasteiger partial charge >= 0.3 is 6.18 Å². The van der Waals surface area contributed by atoms with Gasteiger partial charge in [0.25, 0.3) is 0 Å². The van der Waals surface area contributed by atoms with Crippen molar-refractivity contribution in [2.45, 2.75) is 31.3 Å². The summed E-state index contributed by atoms with van der Waals surface area (Å²) in [6.07, 6.45) is -5.55. The topological polar surface area (TPSA) is 64.7 Å². The summed E-state index contributed by atoms with van der Waals surface area (Å²) in [7, 11) is 0. The fraction of sp³-hybridized carbons (Fsp3) is 0.538. The van der Waals surface area contributed by atoms with E-state index in [0.29, 0.717) is 5.56 Å². The lowest BCUT2D eigenvalue weighted by Crippen LogP contribution is -2.39. The number of hydrogen-bond acceptors (Lipinski definition) is 4. The molecule has 0 bridgehead atoms. The van der Waals surface area contributed by atoms with E-state index in [0.717, 1.165) is 12.1 Å². The van der Waals surface area contributed by atoms with Crippen LogP contribution in [0.4, 0.5) is 13.2 Å². The van der Waals surface area contributed by atoms with Crippen LogP contribution in [0.2, 0.25) is 0 Å². The number of aliphatic hydroxyl groups excluding tert-OH is 1. The van der Waals surface area contributed by atoms with Crippen molar-refractivity contribution in [2.24, 2.45) is 5.73 Å². The number of rotatable bonds is 3. The van der Waals surface area contributed by atoms with Gasteiger partial charge in [-0.2, -0.15) is 13.2 Å². The van der Waals surface area contributed by atoms with Crippen LogP contribution in [-0.4, -0.2) is 30.5 Å². The van der Waals surface area contributed by atoms with Gasteiger partial charge in [-0.15, -0.1) is 0 Å². The molecule has 3 N–H and O–H groups in total.